The monoisotopic (exact) mass is 239 g/mol. The Bertz CT molecular complexity index is 391. The molecule has 1 aromatic rings. The first-order valence-corrected chi connectivity index (χ1v) is 5.66. The predicted octanol–water partition coefficient (Wildman–Crippen LogP) is 1.17. The number of aromatic nitrogens is 1. The molecule has 0 spiro atoms. The van der Waals surface area contributed by atoms with Crippen molar-refractivity contribution in [2.75, 3.05) is 20.1 Å². The first-order valence-electron chi connectivity index (χ1n) is 5.28. The van der Waals surface area contributed by atoms with Crippen molar-refractivity contribution in [2.24, 2.45) is 0 Å². The number of carbonyl (C=O) groups is 1. The van der Waals surface area contributed by atoms with Crippen molar-refractivity contribution in [3.63, 3.8) is 0 Å². The maximum atomic E-state index is 12.1. The summed E-state index contributed by atoms with van der Waals surface area (Å²) in [4.78, 5) is 17.8. The summed E-state index contributed by atoms with van der Waals surface area (Å²) in [5.74, 6) is -0.0631. The van der Waals surface area contributed by atoms with Gasteiger partial charge in [0.05, 0.1) is 5.56 Å². The lowest BCUT2D eigenvalue weighted by Gasteiger charge is -2.23. The van der Waals surface area contributed by atoms with E-state index in [1.807, 2.05) is 7.05 Å². The standard InChI is InChI=1S/C11H14ClN3O/c1-15(8-4-6-13-7-8)11(16)9-3-2-5-14-10(9)12/h2-3,5,8,13H,4,6-7H2,1H3/t8-/m1/s1. The van der Waals surface area contributed by atoms with Crippen LogP contribution in [0, 0.1) is 0 Å². The van der Waals surface area contributed by atoms with Crippen LogP contribution in [0.25, 0.3) is 0 Å². The zero-order valence-corrected chi connectivity index (χ0v) is 9.87. The van der Waals surface area contributed by atoms with Crippen molar-refractivity contribution in [3.05, 3.63) is 29.0 Å². The predicted molar refractivity (Wildman–Crippen MR) is 62.6 cm³/mol. The van der Waals surface area contributed by atoms with Gasteiger partial charge in [-0.2, -0.15) is 0 Å². The van der Waals surface area contributed by atoms with Crippen LogP contribution in [0.4, 0.5) is 0 Å². The van der Waals surface area contributed by atoms with E-state index in [-0.39, 0.29) is 17.1 Å². The summed E-state index contributed by atoms with van der Waals surface area (Å²) < 4.78 is 0. The number of amides is 1. The van der Waals surface area contributed by atoms with Gasteiger partial charge in [0.2, 0.25) is 0 Å². The van der Waals surface area contributed by atoms with Crippen LogP contribution in [0.2, 0.25) is 5.15 Å². The molecule has 0 bridgehead atoms. The minimum Gasteiger partial charge on any atom is -0.337 e. The summed E-state index contributed by atoms with van der Waals surface area (Å²) in [5, 5.41) is 3.50. The van der Waals surface area contributed by atoms with Crippen LogP contribution >= 0.6 is 11.6 Å². The highest BCUT2D eigenvalue weighted by Crippen LogP contribution is 2.16. The van der Waals surface area contributed by atoms with Crippen molar-refractivity contribution in [3.8, 4) is 0 Å². The molecule has 1 aliphatic rings. The lowest BCUT2D eigenvalue weighted by Crippen LogP contribution is -2.38. The minimum atomic E-state index is -0.0631. The molecule has 1 saturated heterocycles. The van der Waals surface area contributed by atoms with Crippen LogP contribution in [-0.4, -0.2) is 42.0 Å². The molecule has 0 radical (unpaired) electrons. The fraction of sp³-hybridized carbons (Fsp3) is 0.455. The molecule has 2 rings (SSSR count). The number of nitrogens with zero attached hydrogens (tertiary/aromatic N) is 2. The number of nitrogens with one attached hydrogen (secondary N) is 1. The minimum absolute atomic E-state index is 0.0631. The van der Waals surface area contributed by atoms with Gasteiger partial charge in [-0.05, 0) is 25.1 Å². The number of likely N-dealkylation sites (N-methyl/N-ethyl adjacent to an activating group) is 1. The molecule has 0 aromatic carbocycles. The number of halogens is 1. The van der Waals surface area contributed by atoms with Gasteiger partial charge >= 0.3 is 0 Å². The summed E-state index contributed by atoms with van der Waals surface area (Å²) in [6.45, 7) is 1.81. The Balaban J connectivity index is 2.15. The maximum absolute atomic E-state index is 12.1. The summed E-state index contributed by atoms with van der Waals surface area (Å²) in [5.41, 5.74) is 0.471. The van der Waals surface area contributed by atoms with E-state index in [4.69, 9.17) is 11.6 Å². The maximum Gasteiger partial charge on any atom is 0.257 e. The molecule has 0 saturated carbocycles. The Hall–Kier alpha value is -1.13. The fourth-order valence-electron chi connectivity index (χ4n) is 1.87. The summed E-state index contributed by atoms with van der Waals surface area (Å²) >= 11 is 5.90. The SMILES string of the molecule is CN(C(=O)c1cccnc1Cl)[C@@H]1CCNC1. The number of carbonyl (C=O) groups excluding carboxylic acids is 1. The van der Waals surface area contributed by atoms with E-state index in [0.29, 0.717) is 5.56 Å². The molecular formula is C11H14ClN3O. The third-order valence-electron chi connectivity index (χ3n) is 2.89. The lowest BCUT2D eigenvalue weighted by atomic mass is 10.2. The lowest BCUT2D eigenvalue weighted by molar-refractivity contribution is 0.0743. The van der Waals surface area contributed by atoms with Crippen LogP contribution in [-0.2, 0) is 0 Å². The van der Waals surface area contributed by atoms with Gasteiger partial charge in [-0.25, -0.2) is 4.98 Å². The van der Waals surface area contributed by atoms with Crippen molar-refractivity contribution in [2.45, 2.75) is 12.5 Å². The molecule has 16 heavy (non-hydrogen) atoms. The third-order valence-corrected chi connectivity index (χ3v) is 3.19. The van der Waals surface area contributed by atoms with Crippen molar-refractivity contribution in [1.82, 2.24) is 15.2 Å². The first-order chi connectivity index (χ1) is 7.70. The number of hydrogen-bond acceptors (Lipinski definition) is 3. The average molecular weight is 240 g/mol. The van der Waals surface area contributed by atoms with E-state index in [2.05, 4.69) is 10.3 Å². The van der Waals surface area contributed by atoms with Gasteiger partial charge in [0.25, 0.3) is 5.91 Å². The normalized spacial score (nSPS) is 19.8. The Labute approximate surface area is 99.6 Å². The van der Waals surface area contributed by atoms with E-state index < -0.39 is 0 Å². The highest BCUT2D eigenvalue weighted by molar-refractivity contribution is 6.32. The number of rotatable bonds is 2. The van der Waals surface area contributed by atoms with Gasteiger partial charge in [-0.1, -0.05) is 11.6 Å². The van der Waals surface area contributed by atoms with E-state index in [1.165, 1.54) is 0 Å². The molecule has 86 valence electrons. The fourth-order valence-corrected chi connectivity index (χ4v) is 2.07. The zero-order chi connectivity index (χ0) is 11.5. The molecule has 1 N–H and O–H groups in total. The van der Waals surface area contributed by atoms with Gasteiger partial charge in [0.15, 0.2) is 0 Å². The van der Waals surface area contributed by atoms with Crippen LogP contribution in [0.3, 0.4) is 0 Å². The third kappa shape index (κ3) is 2.18. The number of pyridine rings is 1. The van der Waals surface area contributed by atoms with Crippen LogP contribution in [0.1, 0.15) is 16.8 Å². The van der Waals surface area contributed by atoms with Crippen molar-refractivity contribution in [1.29, 1.82) is 0 Å². The second-order valence-electron chi connectivity index (χ2n) is 3.90. The molecule has 2 heterocycles. The molecule has 1 fully saturated rings. The highest BCUT2D eigenvalue weighted by atomic mass is 35.5. The summed E-state index contributed by atoms with van der Waals surface area (Å²) in [6, 6.07) is 3.68. The van der Waals surface area contributed by atoms with Gasteiger partial charge < -0.3 is 10.2 Å². The van der Waals surface area contributed by atoms with E-state index >= 15 is 0 Å². The van der Waals surface area contributed by atoms with E-state index in [0.717, 1.165) is 19.5 Å². The molecule has 1 aromatic heterocycles. The molecule has 1 atom stereocenters. The van der Waals surface area contributed by atoms with E-state index in [1.54, 1.807) is 23.2 Å². The Morgan fingerprint density at radius 2 is 2.50 bits per heavy atom. The van der Waals surface area contributed by atoms with Crippen molar-refractivity contribution < 1.29 is 4.79 Å². The molecule has 4 nitrogen and oxygen atoms in total. The average Bonchev–Trinajstić information content (AvgIpc) is 2.81. The van der Waals surface area contributed by atoms with E-state index in [9.17, 15) is 4.79 Å². The van der Waals surface area contributed by atoms with Gasteiger partial charge in [0, 0.05) is 25.8 Å². The highest BCUT2D eigenvalue weighted by Gasteiger charge is 2.25. The molecule has 1 aliphatic heterocycles. The summed E-state index contributed by atoms with van der Waals surface area (Å²) in [7, 11) is 1.81. The molecule has 5 heteroatoms. The smallest absolute Gasteiger partial charge is 0.257 e. The Kier molecular flexibility index (Phi) is 3.41. The van der Waals surface area contributed by atoms with Crippen molar-refractivity contribution >= 4 is 17.5 Å². The molecular weight excluding hydrogens is 226 g/mol. The molecule has 0 unspecified atom stereocenters. The van der Waals surface area contributed by atoms with Crippen LogP contribution in [0.5, 0.6) is 0 Å². The molecule has 0 aliphatic carbocycles. The Morgan fingerprint density at radius 3 is 3.12 bits per heavy atom. The second kappa shape index (κ2) is 4.80. The Morgan fingerprint density at radius 1 is 1.69 bits per heavy atom. The largest absolute Gasteiger partial charge is 0.337 e. The first kappa shape index (κ1) is 11.4. The zero-order valence-electron chi connectivity index (χ0n) is 9.11. The van der Waals surface area contributed by atoms with Gasteiger partial charge in [-0.3, -0.25) is 4.79 Å². The quantitative estimate of drug-likeness (QED) is 0.788. The topological polar surface area (TPSA) is 45.2 Å². The van der Waals surface area contributed by atoms with Gasteiger partial charge in [-0.15, -0.1) is 0 Å². The van der Waals surface area contributed by atoms with Crippen LogP contribution < -0.4 is 5.32 Å². The summed E-state index contributed by atoms with van der Waals surface area (Å²) in [6.07, 6.45) is 2.57. The van der Waals surface area contributed by atoms with Crippen LogP contribution in [0.15, 0.2) is 18.3 Å². The second-order valence-corrected chi connectivity index (χ2v) is 4.26. The number of hydrogen-bond donors (Lipinski definition) is 1. The molecule has 1 amide bonds. The van der Waals surface area contributed by atoms with Gasteiger partial charge in [0.1, 0.15) is 5.15 Å².